The Morgan fingerprint density at radius 1 is 1.28 bits per heavy atom. The van der Waals surface area contributed by atoms with Gasteiger partial charge in [-0.1, -0.05) is 20.3 Å². The summed E-state index contributed by atoms with van der Waals surface area (Å²) in [6.45, 7) is 6.53. The lowest BCUT2D eigenvalue weighted by Gasteiger charge is -2.33. The van der Waals surface area contributed by atoms with Gasteiger partial charge in [0.2, 0.25) is 0 Å². The van der Waals surface area contributed by atoms with Gasteiger partial charge in [0, 0.05) is 32.1 Å². The average Bonchev–Trinajstić information content (AvgIpc) is 2.35. The van der Waals surface area contributed by atoms with Crippen molar-refractivity contribution in [3.8, 4) is 0 Å². The van der Waals surface area contributed by atoms with Crippen LogP contribution in [0, 0.1) is 5.92 Å². The predicted molar refractivity (Wildman–Crippen MR) is 76.1 cm³/mol. The molecular formula is C12H25ClN2O2S. The minimum Gasteiger partial charge on any atom is -0.195 e. The van der Waals surface area contributed by atoms with E-state index in [1.807, 2.05) is 0 Å². The molecule has 6 heteroatoms. The number of hydrogen-bond acceptors (Lipinski definition) is 2. The van der Waals surface area contributed by atoms with Crippen molar-refractivity contribution in [3.05, 3.63) is 0 Å². The largest absolute Gasteiger partial charge is 0.282 e. The van der Waals surface area contributed by atoms with Crippen molar-refractivity contribution in [2.45, 2.75) is 39.5 Å². The molecule has 0 radical (unpaired) electrons. The van der Waals surface area contributed by atoms with Gasteiger partial charge in [-0.15, -0.1) is 11.6 Å². The molecule has 1 saturated heterocycles. The lowest BCUT2D eigenvalue weighted by molar-refractivity contribution is 0.265. The van der Waals surface area contributed by atoms with Crippen molar-refractivity contribution in [1.82, 2.24) is 8.61 Å². The average molecular weight is 297 g/mol. The van der Waals surface area contributed by atoms with Gasteiger partial charge in [0.15, 0.2) is 0 Å². The zero-order chi connectivity index (χ0) is 13.6. The van der Waals surface area contributed by atoms with E-state index in [2.05, 4.69) is 13.8 Å². The fourth-order valence-electron chi connectivity index (χ4n) is 2.15. The number of piperidine rings is 1. The molecule has 0 bridgehead atoms. The molecule has 108 valence electrons. The third-order valence-electron chi connectivity index (χ3n) is 3.49. The van der Waals surface area contributed by atoms with Crippen LogP contribution in [0.1, 0.15) is 39.5 Å². The molecule has 0 saturated carbocycles. The Kier molecular flexibility index (Phi) is 6.92. The van der Waals surface area contributed by atoms with E-state index >= 15 is 0 Å². The van der Waals surface area contributed by atoms with E-state index in [4.69, 9.17) is 11.6 Å². The maximum Gasteiger partial charge on any atom is 0.282 e. The number of halogens is 1. The number of rotatable bonds is 7. The quantitative estimate of drug-likeness (QED) is 0.677. The van der Waals surface area contributed by atoms with Crippen LogP contribution >= 0.6 is 11.6 Å². The minimum absolute atomic E-state index is 0.354. The van der Waals surface area contributed by atoms with Crippen LogP contribution in [-0.2, 0) is 10.2 Å². The molecule has 1 fully saturated rings. The van der Waals surface area contributed by atoms with Crippen LogP contribution in [-0.4, -0.2) is 49.1 Å². The van der Waals surface area contributed by atoms with E-state index in [1.54, 1.807) is 8.61 Å². The van der Waals surface area contributed by atoms with Crippen LogP contribution in [0.15, 0.2) is 0 Å². The molecule has 0 aromatic carbocycles. The van der Waals surface area contributed by atoms with Crippen molar-refractivity contribution in [3.63, 3.8) is 0 Å². The SMILES string of the molecule is CCCCN(CCCl)S(=O)(=O)N1CCC(C)CC1. The summed E-state index contributed by atoms with van der Waals surface area (Å²) in [4.78, 5) is 0. The molecule has 0 atom stereocenters. The number of alkyl halides is 1. The van der Waals surface area contributed by atoms with E-state index in [0.717, 1.165) is 25.7 Å². The molecule has 18 heavy (non-hydrogen) atoms. The molecule has 0 amide bonds. The second-order valence-corrected chi connectivity index (χ2v) is 7.34. The van der Waals surface area contributed by atoms with Crippen molar-refractivity contribution >= 4 is 21.8 Å². The Bertz CT molecular complexity index is 327. The van der Waals surface area contributed by atoms with Crippen molar-refractivity contribution in [2.24, 2.45) is 5.92 Å². The van der Waals surface area contributed by atoms with Gasteiger partial charge in [0.05, 0.1) is 0 Å². The van der Waals surface area contributed by atoms with E-state index < -0.39 is 10.2 Å². The first kappa shape index (κ1) is 16.2. The fourth-order valence-corrected chi connectivity index (χ4v) is 4.14. The van der Waals surface area contributed by atoms with Crippen LogP contribution in [0.3, 0.4) is 0 Å². The molecule has 1 heterocycles. The van der Waals surface area contributed by atoms with E-state index in [0.29, 0.717) is 38.0 Å². The Balaban J connectivity index is 2.68. The summed E-state index contributed by atoms with van der Waals surface area (Å²) in [7, 11) is -3.30. The van der Waals surface area contributed by atoms with Gasteiger partial charge in [-0.25, -0.2) is 0 Å². The van der Waals surface area contributed by atoms with Crippen LogP contribution < -0.4 is 0 Å². The normalized spacial score (nSPS) is 19.6. The smallest absolute Gasteiger partial charge is 0.195 e. The molecule has 1 aliphatic rings. The Hall–Kier alpha value is 0.160. The summed E-state index contributed by atoms with van der Waals surface area (Å²) < 4.78 is 28.1. The van der Waals surface area contributed by atoms with Crippen LogP contribution in [0.5, 0.6) is 0 Å². The van der Waals surface area contributed by atoms with Crippen molar-refractivity contribution < 1.29 is 8.42 Å². The summed E-state index contributed by atoms with van der Waals surface area (Å²) in [6, 6.07) is 0. The number of unbranched alkanes of at least 4 members (excludes halogenated alkanes) is 1. The van der Waals surface area contributed by atoms with Gasteiger partial charge in [-0.3, -0.25) is 0 Å². The zero-order valence-electron chi connectivity index (χ0n) is 11.4. The Morgan fingerprint density at radius 3 is 2.39 bits per heavy atom. The summed E-state index contributed by atoms with van der Waals surface area (Å²) in [6.07, 6.45) is 3.80. The van der Waals surface area contributed by atoms with Crippen molar-refractivity contribution in [2.75, 3.05) is 32.1 Å². The first-order valence-corrected chi connectivity index (χ1v) is 8.76. The summed E-state index contributed by atoms with van der Waals surface area (Å²) >= 11 is 5.72. The second-order valence-electron chi connectivity index (χ2n) is 5.03. The lowest BCUT2D eigenvalue weighted by Crippen LogP contribution is -2.47. The lowest BCUT2D eigenvalue weighted by atomic mass is 10.0. The molecule has 0 unspecified atom stereocenters. The van der Waals surface area contributed by atoms with Gasteiger partial charge < -0.3 is 0 Å². The van der Waals surface area contributed by atoms with Crippen LogP contribution in [0.4, 0.5) is 0 Å². The molecule has 1 rings (SSSR count). The maximum absolute atomic E-state index is 12.5. The van der Waals surface area contributed by atoms with Gasteiger partial charge in [-0.2, -0.15) is 17.0 Å². The molecular weight excluding hydrogens is 272 g/mol. The summed E-state index contributed by atoms with van der Waals surface area (Å²) in [5, 5.41) is 0. The summed E-state index contributed by atoms with van der Waals surface area (Å²) in [5.41, 5.74) is 0. The first-order valence-electron chi connectivity index (χ1n) is 6.83. The molecule has 0 N–H and O–H groups in total. The maximum atomic E-state index is 12.5. The second kappa shape index (κ2) is 7.68. The third-order valence-corrected chi connectivity index (χ3v) is 5.69. The highest BCUT2D eigenvalue weighted by molar-refractivity contribution is 7.86. The van der Waals surface area contributed by atoms with Crippen LogP contribution in [0.25, 0.3) is 0 Å². The first-order chi connectivity index (χ1) is 8.52. The zero-order valence-corrected chi connectivity index (χ0v) is 13.0. The van der Waals surface area contributed by atoms with Gasteiger partial charge in [-0.05, 0) is 25.2 Å². The third kappa shape index (κ3) is 4.37. The molecule has 0 aromatic rings. The predicted octanol–water partition coefficient (Wildman–Crippen LogP) is 2.30. The van der Waals surface area contributed by atoms with Gasteiger partial charge in [0.1, 0.15) is 0 Å². The standard InChI is InChI=1S/C12H25ClN2O2S/c1-3-4-8-14(11-7-13)18(16,17)15-9-5-12(2)6-10-15/h12H,3-11H2,1-2H3. The number of nitrogens with zero attached hydrogens (tertiary/aromatic N) is 2. The van der Waals surface area contributed by atoms with Crippen LogP contribution in [0.2, 0.25) is 0 Å². The van der Waals surface area contributed by atoms with Gasteiger partial charge in [0.25, 0.3) is 10.2 Å². The topological polar surface area (TPSA) is 40.6 Å². The molecule has 4 nitrogen and oxygen atoms in total. The Labute approximate surface area is 116 Å². The van der Waals surface area contributed by atoms with Gasteiger partial charge >= 0.3 is 0 Å². The van der Waals surface area contributed by atoms with E-state index in [1.165, 1.54) is 0 Å². The van der Waals surface area contributed by atoms with Crippen molar-refractivity contribution in [1.29, 1.82) is 0 Å². The monoisotopic (exact) mass is 296 g/mol. The fraction of sp³-hybridized carbons (Fsp3) is 1.00. The Morgan fingerprint density at radius 2 is 1.89 bits per heavy atom. The highest BCUT2D eigenvalue weighted by Gasteiger charge is 2.31. The molecule has 0 aliphatic carbocycles. The van der Waals surface area contributed by atoms with E-state index in [9.17, 15) is 8.42 Å². The molecule has 1 aliphatic heterocycles. The minimum atomic E-state index is -3.30. The summed E-state index contributed by atoms with van der Waals surface area (Å²) in [5.74, 6) is 0.987. The highest BCUT2D eigenvalue weighted by Crippen LogP contribution is 2.21. The molecule has 0 spiro atoms. The molecule has 0 aromatic heterocycles. The highest BCUT2D eigenvalue weighted by atomic mass is 35.5. The number of hydrogen-bond donors (Lipinski definition) is 0. The van der Waals surface area contributed by atoms with E-state index in [-0.39, 0.29) is 0 Å².